The van der Waals surface area contributed by atoms with Gasteiger partial charge >= 0.3 is 0 Å². The van der Waals surface area contributed by atoms with Gasteiger partial charge in [-0.2, -0.15) is 5.10 Å². The highest BCUT2D eigenvalue weighted by Crippen LogP contribution is 2.24. The van der Waals surface area contributed by atoms with E-state index in [2.05, 4.69) is 26.3 Å². The number of carbonyl (C=O) groups excluding carboxylic acids is 1. The molecule has 0 spiro atoms. The molecular weight excluding hydrogens is 516 g/mol. The summed E-state index contributed by atoms with van der Waals surface area (Å²) in [6.07, 6.45) is 1.75. The van der Waals surface area contributed by atoms with Crippen LogP contribution in [0.2, 0.25) is 5.02 Å². The molecule has 0 aliphatic carbocycles. The second-order valence-corrected chi connectivity index (χ2v) is 8.39. The largest absolute Gasteiger partial charge is 0.486 e. The van der Waals surface area contributed by atoms with Crippen LogP contribution in [0.15, 0.2) is 77.4 Å². The predicted molar refractivity (Wildman–Crippen MR) is 126 cm³/mol. The number of amides is 1. The molecule has 0 fully saturated rings. The third-order valence-corrected chi connectivity index (χ3v) is 5.67. The van der Waals surface area contributed by atoms with Crippen molar-refractivity contribution in [3.05, 3.63) is 111 Å². The van der Waals surface area contributed by atoms with Gasteiger partial charge in [0, 0.05) is 22.8 Å². The van der Waals surface area contributed by atoms with Crippen LogP contribution in [0.3, 0.4) is 0 Å². The van der Waals surface area contributed by atoms with Crippen LogP contribution in [0.25, 0.3) is 0 Å². The minimum absolute atomic E-state index is 0.0137. The average Bonchev–Trinajstić information content (AvgIpc) is 3.13. The normalized spacial score (nSPS) is 10.8. The first kappa shape index (κ1) is 22.9. The number of halogens is 4. The lowest BCUT2D eigenvalue weighted by Gasteiger charge is -2.09. The van der Waals surface area contributed by atoms with E-state index in [-0.39, 0.29) is 18.3 Å². The highest BCUT2D eigenvalue weighted by Gasteiger charge is 2.14. The molecule has 9 heteroatoms. The van der Waals surface area contributed by atoms with Crippen molar-refractivity contribution >= 4 is 39.3 Å². The number of carbonyl (C=O) groups is 1. The zero-order valence-electron chi connectivity index (χ0n) is 17.1. The average molecular weight is 533 g/mol. The number of rotatable bonds is 7. The van der Waals surface area contributed by atoms with Gasteiger partial charge in [-0.1, -0.05) is 41.9 Å². The van der Waals surface area contributed by atoms with Crippen LogP contribution in [-0.4, -0.2) is 15.7 Å². The van der Waals surface area contributed by atoms with Crippen molar-refractivity contribution in [3.63, 3.8) is 0 Å². The number of hydrogen-bond donors (Lipinski definition) is 1. The maximum Gasteiger partial charge on any atom is 0.256 e. The van der Waals surface area contributed by atoms with Crippen LogP contribution in [0.5, 0.6) is 5.75 Å². The highest BCUT2D eigenvalue weighted by atomic mass is 79.9. The van der Waals surface area contributed by atoms with Gasteiger partial charge in [-0.15, -0.1) is 0 Å². The van der Waals surface area contributed by atoms with Crippen molar-refractivity contribution in [3.8, 4) is 5.75 Å². The van der Waals surface area contributed by atoms with Gasteiger partial charge in [0.1, 0.15) is 12.4 Å². The van der Waals surface area contributed by atoms with Crippen molar-refractivity contribution in [2.24, 2.45) is 0 Å². The summed E-state index contributed by atoms with van der Waals surface area (Å²) in [4.78, 5) is 12.8. The van der Waals surface area contributed by atoms with E-state index in [9.17, 15) is 13.6 Å². The number of nitrogens with zero attached hydrogens (tertiary/aromatic N) is 2. The van der Waals surface area contributed by atoms with Crippen molar-refractivity contribution in [1.29, 1.82) is 0 Å². The third kappa shape index (κ3) is 5.77. The third-order valence-electron chi connectivity index (χ3n) is 4.72. The van der Waals surface area contributed by atoms with Gasteiger partial charge in [0.15, 0.2) is 17.4 Å². The van der Waals surface area contributed by atoms with Gasteiger partial charge in [0.2, 0.25) is 0 Å². The molecule has 1 aromatic heterocycles. The van der Waals surface area contributed by atoms with Crippen LogP contribution >= 0.6 is 27.5 Å². The van der Waals surface area contributed by atoms with Crippen molar-refractivity contribution in [2.45, 2.75) is 13.2 Å². The van der Waals surface area contributed by atoms with E-state index in [1.165, 1.54) is 6.07 Å². The van der Waals surface area contributed by atoms with E-state index >= 15 is 0 Å². The Labute approximate surface area is 202 Å². The summed E-state index contributed by atoms with van der Waals surface area (Å²) in [6, 6.07) is 17.3. The van der Waals surface area contributed by atoms with E-state index in [1.807, 2.05) is 18.2 Å². The fourth-order valence-electron chi connectivity index (χ4n) is 3.10. The minimum Gasteiger partial charge on any atom is -0.486 e. The number of benzene rings is 3. The van der Waals surface area contributed by atoms with Crippen molar-refractivity contribution < 1.29 is 18.3 Å². The molecule has 33 heavy (non-hydrogen) atoms. The first-order valence-electron chi connectivity index (χ1n) is 9.83. The molecule has 0 aliphatic rings. The van der Waals surface area contributed by atoms with Crippen LogP contribution < -0.4 is 10.1 Å². The second-order valence-electron chi connectivity index (χ2n) is 7.13. The summed E-state index contributed by atoms with van der Waals surface area (Å²) in [7, 11) is 0. The molecule has 4 aromatic rings. The lowest BCUT2D eigenvalue weighted by atomic mass is 10.1. The fourth-order valence-corrected chi connectivity index (χ4v) is 3.71. The zero-order chi connectivity index (χ0) is 23.4. The standard InChI is InChI=1S/C24H17BrClF2N3O2/c25-19-13-31(12-17-5-1-2-7-20(17)26)30-23(19)29-24(32)16-6-3-4-15(10-16)14-33-22-9-8-18(27)11-21(22)28/h1-11,13H,12,14H2,(H,29,30,32). The number of ether oxygens (including phenoxy) is 1. The van der Waals surface area contributed by atoms with E-state index < -0.39 is 11.6 Å². The van der Waals surface area contributed by atoms with Crippen LogP contribution in [-0.2, 0) is 13.2 Å². The molecule has 1 heterocycles. The topological polar surface area (TPSA) is 56.2 Å². The molecule has 3 aromatic carbocycles. The number of hydrogen-bond acceptors (Lipinski definition) is 3. The van der Waals surface area contributed by atoms with Gasteiger partial charge in [-0.3, -0.25) is 9.48 Å². The van der Waals surface area contributed by atoms with Gasteiger partial charge < -0.3 is 10.1 Å². The molecular formula is C24H17BrClF2N3O2. The Bertz CT molecular complexity index is 1310. The number of anilines is 1. The molecule has 168 valence electrons. The summed E-state index contributed by atoms with van der Waals surface area (Å²) in [5, 5.41) is 7.81. The van der Waals surface area contributed by atoms with Gasteiger partial charge in [-0.05, 0) is 57.4 Å². The van der Waals surface area contributed by atoms with Gasteiger partial charge in [0.05, 0.1) is 11.0 Å². The molecule has 0 aliphatic heterocycles. The molecule has 0 unspecified atom stereocenters. The summed E-state index contributed by atoms with van der Waals surface area (Å²) in [5.41, 5.74) is 1.93. The second kappa shape index (κ2) is 10.1. The highest BCUT2D eigenvalue weighted by molar-refractivity contribution is 9.10. The summed E-state index contributed by atoms with van der Waals surface area (Å²) < 4.78 is 34.5. The zero-order valence-corrected chi connectivity index (χ0v) is 19.4. The Hall–Kier alpha value is -3.23. The molecule has 1 amide bonds. The Morgan fingerprint density at radius 1 is 1.09 bits per heavy atom. The molecule has 5 nitrogen and oxygen atoms in total. The van der Waals surface area contributed by atoms with E-state index in [4.69, 9.17) is 16.3 Å². The Kier molecular flexibility index (Phi) is 7.05. The molecule has 4 rings (SSSR count). The Balaban J connectivity index is 1.42. The maximum absolute atomic E-state index is 13.8. The molecule has 0 radical (unpaired) electrons. The summed E-state index contributed by atoms with van der Waals surface area (Å²) in [5.74, 6) is -1.55. The van der Waals surface area contributed by atoms with Crippen molar-refractivity contribution in [2.75, 3.05) is 5.32 Å². The Morgan fingerprint density at radius 3 is 2.70 bits per heavy atom. The summed E-state index contributed by atoms with van der Waals surface area (Å²) >= 11 is 9.62. The Morgan fingerprint density at radius 2 is 1.91 bits per heavy atom. The quantitative estimate of drug-likeness (QED) is 0.297. The van der Waals surface area contributed by atoms with Crippen LogP contribution in [0.1, 0.15) is 21.5 Å². The lowest BCUT2D eigenvalue weighted by Crippen LogP contribution is -2.13. The lowest BCUT2D eigenvalue weighted by molar-refractivity contribution is 0.102. The monoisotopic (exact) mass is 531 g/mol. The van der Waals surface area contributed by atoms with Gasteiger partial charge in [0.25, 0.3) is 5.91 Å². The molecule has 1 N–H and O–H groups in total. The molecule has 0 bridgehead atoms. The number of nitrogens with one attached hydrogen (secondary N) is 1. The maximum atomic E-state index is 13.8. The molecule has 0 atom stereocenters. The fraction of sp³-hybridized carbons (Fsp3) is 0.0833. The van der Waals surface area contributed by atoms with Crippen LogP contribution in [0.4, 0.5) is 14.6 Å². The van der Waals surface area contributed by atoms with E-state index in [1.54, 1.807) is 41.2 Å². The van der Waals surface area contributed by atoms with Crippen LogP contribution in [0, 0.1) is 11.6 Å². The minimum atomic E-state index is -0.791. The van der Waals surface area contributed by atoms with Gasteiger partial charge in [-0.25, -0.2) is 8.78 Å². The van der Waals surface area contributed by atoms with E-state index in [0.717, 1.165) is 17.7 Å². The molecule has 0 saturated heterocycles. The van der Waals surface area contributed by atoms with Crippen molar-refractivity contribution in [1.82, 2.24) is 9.78 Å². The van der Waals surface area contributed by atoms with E-state index in [0.29, 0.717) is 33.0 Å². The number of aromatic nitrogens is 2. The molecule has 0 saturated carbocycles. The first-order chi connectivity index (χ1) is 15.9. The predicted octanol–water partition coefficient (Wildman–Crippen LogP) is 6.46. The smallest absolute Gasteiger partial charge is 0.256 e. The summed E-state index contributed by atoms with van der Waals surface area (Å²) in [6.45, 7) is 0.459. The first-order valence-corrected chi connectivity index (χ1v) is 11.0. The SMILES string of the molecule is O=C(Nc1nn(Cc2ccccc2Cl)cc1Br)c1cccc(COc2ccc(F)cc2F)c1.